The molecule has 7 heteroatoms. The molecule has 0 aliphatic rings. The van der Waals surface area contributed by atoms with Crippen LogP contribution in [0, 0.1) is 13.8 Å². The van der Waals surface area contributed by atoms with Gasteiger partial charge in [-0.1, -0.05) is 61.0 Å². The van der Waals surface area contributed by atoms with Crippen LogP contribution in [-0.2, 0) is 14.8 Å². The van der Waals surface area contributed by atoms with E-state index in [9.17, 15) is 13.2 Å². The fraction of sp³-hybridized carbons (Fsp3) is 0.269. The van der Waals surface area contributed by atoms with Gasteiger partial charge in [-0.15, -0.1) is 0 Å². The number of aryl methyl sites for hydroxylation is 2. The lowest BCUT2D eigenvalue weighted by molar-refractivity contribution is -0.119. The lowest BCUT2D eigenvalue weighted by atomic mass is 10.0. The molecule has 3 aromatic carbocycles. The van der Waals surface area contributed by atoms with E-state index in [1.54, 1.807) is 36.4 Å². The van der Waals surface area contributed by atoms with Gasteiger partial charge < -0.3 is 10.1 Å². The lowest BCUT2D eigenvalue weighted by Crippen LogP contribution is -2.42. The van der Waals surface area contributed by atoms with Crippen LogP contribution in [0.1, 0.15) is 29.5 Å². The SMILES string of the molecule is COc1ccc(C)cc1N(CC(=O)NC[C@H](C)c1ccccc1)S(=O)(=O)c1ccc(C)cc1. The minimum absolute atomic E-state index is 0.0887. The summed E-state index contributed by atoms with van der Waals surface area (Å²) in [4.78, 5) is 13.0. The number of carbonyl (C=O) groups is 1. The number of hydrogen-bond donors (Lipinski definition) is 1. The Morgan fingerprint density at radius 1 is 0.970 bits per heavy atom. The molecule has 0 spiro atoms. The number of benzene rings is 3. The number of sulfonamides is 1. The number of carbonyl (C=O) groups excluding carboxylic acids is 1. The van der Waals surface area contributed by atoms with Gasteiger partial charge in [-0.3, -0.25) is 9.10 Å². The molecule has 0 aliphatic heterocycles. The van der Waals surface area contributed by atoms with Crippen LogP contribution < -0.4 is 14.4 Å². The zero-order valence-electron chi connectivity index (χ0n) is 19.4. The van der Waals surface area contributed by atoms with Gasteiger partial charge in [0.1, 0.15) is 12.3 Å². The van der Waals surface area contributed by atoms with Crippen molar-refractivity contribution in [3.05, 3.63) is 89.5 Å². The van der Waals surface area contributed by atoms with E-state index < -0.39 is 15.9 Å². The van der Waals surface area contributed by atoms with E-state index in [-0.39, 0.29) is 17.4 Å². The topological polar surface area (TPSA) is 75.7 Å². The van der Waals surface area contributed by atoms with Gasteiger partial charge in [0, 0.05) is 6.54 Å². The van der Waals surface area contributed by atoms with Gasteiger partial charge in [0.25, 0.3) is 10.0 Å². The van der Waals surface area contributed by atoms with Gasteiger partial charge >= 0.3 is 0 Å². The molecule has 3 rings (SSSR count). The van der Waals surface area contributed by atoms with E-state index in [0.717, 1.165) is 21.0 Å². The van der Waals surface area contributed by atoms with E-state index in [0.29, 0.717) is 18.0 Å². The van der Waals surface area contributed by atoms with E-state index in [1.807, 2.05) is 57.2 Å². The lowest BCUT2D eigenvalue weighted by Gasteiger charge is -2.26. The van der Waals surface area contributed by atoms with Crippen LogP contribution >= 0.6 is 0 Å². The molecular weight excluding hydrogens is 436 g/mol. The summed E-state index contributed by atoms with van der Waals surface area (Å²) in [6, 6.07) is 21.7. The molecule has 6 nitrogen and oxygen atoms in total. The number of hydrogen-bond acceptors (Lipinski definition) is 4. The van der Waals surface area contributed by atoms with Gasteiger partial charge in [0.2, 0.25) is 5.91 Å². The van der Waals surface area contributed by atoms with Crippen LogP contribution in [0.5, 0.6) is 5.75 Å². The second-order valence-corrected chi connectivity index (χ2v) is 9.98. The molecule has 0 unspecified atom stereocenters. The molecule has 0 saturated heterocycles. The highest BCUT2D eigenvalue weighted by atomic mass is 32.2. The maximum atomic E-state index is 13.6. The first-order valence-corrected chi connectivity index (χ1v) is 12.2. The average molecular weight is 467 g/mol. The number of rotatable bonds is 9. The molecule has 0 bridgehead atoms. The second-order valence-electron chi connectivity index (χ2n) is 8.12. The van der Waals surface area contributed by atoms with Gasteiger partial charge in [-0.05, 0) is 55.2 Å². The summed E-state index contributed by atoms with van der Waals surface area (Å²) < 4.78 is 33.8. The highest BCUT2D eigenvalue weighted by Gasteiger charge is 2.29. The number of methoxy groups -OCH3 is 1. The van der Waals surface area contributed by atoms with Crippen molar-refractivity contribution >= 4 is 21.6 Å². The Balaban J connectivity index is 1.90. The van der Waals surface area contributed by atoms with Crippen LogP contribution in [-0.4, -0.2) is 34.5 Å². The standard InChI is InChI=1S/C26H30N2O4S/c1-19-10-13-23(14-11-19)33(30,31)28(24-16-20(2)12-15-25(24)32-4)18-26(29)27-17-21(3)22-8-6-5-7-9-22/h5-16,21H,17-18H2,1-4H3,(H,27,29)/t21-/m0/s1. The molecule has 3 aromatic rings. The summed E-state index contributed by atoms with van der Waals surface area (Å²) in [6.07, 6.45) is 0. The van der Waals surface area contributed by atoms with Crippen LogP contribution in [0.15, 0.2) is 77.7 Å². The largest absolute Gasteiger partial charge is 0.495 e. The Hall–Kier alpha value is -3.32. The number of nitrogens with one attached hydrogen (secondary N) is 1. The van der Waals surface area contributed by atoms with Crippen molar-refractivity contribution in [2.24, 2.45) is 0 Å². The van der Waals surface area contributed by atoms with Crippen molar-refractivity contribution < 1.29 is 17.9 Å². The molecule has 0 aliphatic carbocycles. The van der Waals surface area contributed by atoms with Crippen molar-refractivity contribution in [3.8, 4) is 5.75 Å². The van der Waals surface area contributed by atoms with Crippen molar-refractivity contribution in [2.45, 2.75) is 31.6 Å². The van der Waals surface area contributed by atoms with E-state index >= 15 is 0 Å². The first kappa shape index (κ1) is 24.3. The molecule has 1 atom stereocenters. The Kier molecular flexibility index (Phi) is 7.76. The van der Waals surface area contributed by atoms with Crippen LogP contribution in [0.2, 0.25) is 0 Å². The van der Waals surface area contributed by atoms with Crippen molar-refractivity contribution in [3.63, 3.8) is 0 Å². The molecule has 0 heterocycles. The summed E-state index contributed by atoms with van der Waals surface area (Å²) in [7, 11) is -2.53. The summed E-state index contributed by atoms with van der Waals surface area (Å²) >= 11 is 0. The molecule has 174 valence electrons. The van der Waals surface area contributed by atoms with Gasteiger partial charge in [-0.2, -0.15) is 0 Å². The zero-order chi connectivity index (χ0) is 24.0. The third-order valence-corrected chi connectivity index (χ3v) is 7.25. The van der Waals surface area contributed by atoms with E-state index in [1.165, 1.54) is 7.11 Å². The highest BCUT2D eigenvalue weighted by molar-refractivity contribution is 7.92. The Labute approximate surface area is 196 Å². The number of nitrogens with zero attached hydrogens (tertiary/aromatic N) is 1. The normalized spacial score (nSPS) is 12.1. The number of amides is 1. The molecule has 0 aromatic heterocycles. The smallest absolute Gasteiger partial charge is 0.264 e. The second kappa shape index (κ2) is 10.5. The maximum Gasteiger partial charge on any atom is 0.264 e. The van der Waals surface area contributed by atoms with Crippen molar-refractivity contribution in [1.82, 2.24) is 5.32 Å². The Morgan fingerprint density at radius 3 is 2.24 bits per heavy atom. The van der Waals surface area contributed by atoms with Crippen molar-refractivity contribution in [2.75, 3.05) is 24.5 Å². The summed E-state index contributed by atoms with van der Waals surface area (Å²) in [5.74, 6) is 0.0737. The van der Waals surface area contributed by atoms with Gasteiger partial charge in [0.15, 0.2) is 0 Å². The third kappa shape index (κ3) is 5.93. The Morgan fingerprint density at radius 2 is 1.61 bits per heavy atom. The first-order valence-electron chi connectivity index (χ1n) is 10.8. The molecule has 0 fully saturated rings. The number of ether oxygens (including phenoxy) is 1. The fourth-order valence-corrected chi connectivity index (χ4v) is 4.91. The maximum absolute atomic E-state index is 13.6. The van der Waals surface area contributed by atoms with Gasteiger partial charge in [0.05, 0.1) is 17.7 Å². The summed E-state index contributed by atoms with van der Waals surface area (Å²) in [5.41, 5.74) is 3.22. The molecular formula is C26H30N2O4S. The highest BCUT2D eigenvalue weighted by Crippen LogP contribution is 2.33. The molecule has 1 N–H and O–H groups in total. The molecule has 33 heavy (non-hydrogen) atoms. The molecule has 0 radical (unpaired) electrons. The fourth-order valence-electron chi connectivity index (χ4n) is 3.48. The molecule has 1 amide bonds. The van der Waals surface area contributed by atoms with Crippen LogP contribution in [0.3, 0.4) is 0 Å². The van der Waals surface area contributed by atoms with Crippen LogP contribution in [0.25, 0.3) is 0 Å². The number of anilines is 1. The summed E-state index contributed by atoms with van der Waals surface area (Å²) in [5, 5.41) is 2.88. The van der Waals surface area contributed by atoms with Crippen LogP contribution in [0.4, 0.5) is 5.69 Å². The zero-order valence-corrected chi connectivity index (χ0v) is 20.2. The average Bonchev–Trinajstić information content (AvgIpc) is 2.81. The minimum Gasteiger partial charge on any atom is -0.495 e. The quantitative estimate of drug-likeness (QED) is 0.506. The minimum atomic E-state index is -4.01. The van der Waals surface area contributed by atoms with E-state index in [4.69, 9.17) is 4.74 Å². The van der Waals surface area contributed by atoms with Crippen molar-refractivity contribution in [1.29, 1.82) is 0 Å². The predicted octanol–water partition coefficient (Wildman–Crippen LogP) is 4.43. The third-order valence-electron chi connectivity index (χ3n) is 5.47. The Bertz CT molecular complexity index is 1190. The predicted molar refractivity (Wildman–Crippen MR) is 131 cm³/mol. The molecule has 0 saturated carbocycles. The summed E-state index contributed by atoms with van der Waals surface area (Å²) in [6.45, 7) is 5.80. The van der Waals surface area contributed by atoms with E-state index in [2.05, 4.69) is 5.32 Å². The first-order chi connectivity index (χ1) is 15.7. The monoisotopic (exact) mass is 466 g/mol. The van der Waals surface area contributed by atoms with Gasteiger partial charge in [-0.25, -0.2) is 8.42 Å².